The smallest absolute Gasteiger partial charge is 0.135 e. The number of hydrogen-bond donors (Lipinski definition) is 0. The van der Waals surface area contributed by atoms with Crippen molar-refractivity contribution in [2.45, 2.75) is 45.4 Å². The van der Waals surface area contributed by atoms with Crippen LogP contribution in [0.3, 0.4) is 0 Å². The molecule has 4 heteroatoms. The van der Waals surface area contributed by atoms with Gasteiger partial charge < -0.3 is 0 Å². The Bertz CT molecular complexity index is 421. The number of carbonyl (C=O) groups excluding carboxylic acids is 1. The van der Waals surface area contributed by atoms with E-state index in [9.17, 15) is 4.79 Å². The molecule has 1 fully saturated rings. The van der Waals surface area contributed by atoms with Gasteiger partial charge in [0.25, 0.3) is 0 Å². The average Bonchev–Trinajstić information content (AvgIpc) is 3.10. The molecule has 17 heavy (non-hydrogen) atoms. The molecule has 2 rings (SSSR count). The van der Waals surface area contributed by atoms with Gasteiger partial charge in [0.15, 0.2) is 0 Å². The van der Waals surface area contributed by atoms with Crippen molar-refractivity contribution in [2.24, 2.45) is 13.0 Å². The minimum absolute atomic E-state index is 0.399. The summed E-state index contributed by atoms with van der Waals surface area (Å²) in [5, 5.41) is 4.46. The van der Waals surface area contributed by atoms with E-state index in [2.05, 4.69) is 28.0 Å². The molecule has 3 nitrogen and oxygen atoms in total. The van der Waals surface area contributed by atoms with Crippen molar-refractivity contribution in [2.75, 3.05) is 0 Å². The summed E-state index contributed by atoms with van der Waals surface area (Å²) in [6.45, 7) is 2.10. The number of carbonyl (C=O) groups is 1. The lowest BCUT2D eigenvalue weighted by molar-refractivity contribution is -0.120. The van der Waals surface area contributed by atoms with Gasteiger partial charge in [0, 0.05) is 19.4 Å². The lowest BCUT2D eigenvalue weighted by atomic mass is 10.1. The van der Waals surface area contributed by atoms with Gasteiger partial charge >= 0.3 is 0 Å². The van der Waals surface area contributed by atoms with Crippen molar-refractivity contribution in [3.63, 3.8) is 0 Å². The largest absolute Gasteiger partial charge is 0.299 e. The van der Waals surface area contributed by atoms with Crippen LogP contribution in [-0.2, 0) is 24.7 Å². The highest BCUT2D eigenvalue weighted by molar-refractivity contribution is 9.10. The van der Waals surface area contributed by atoms with Crippen molar-refractivity contribution < 1.29 is 4.79 Å². The zero-order valence-electron chi connectivity index (χ0n) is 10.5. The van der Waals surface area contributed by atoms with Crippen molar-refractivity contribution in [3.8, 4) is 0 Å². The van der Waals surface area contributed by atoms with E-state index < -0.39 is 0 Å². The number of ketones is 1. The molecule has 0 atom stereocenters. The Morgan fingerprint density at radius 2 is 2.24 bits per heavy atom. The Morgan fingerprint density at radius 1 is 1.53 bits per heavy atom. The second-order valence-corrected chi connectivity index (χ2v) is 5.57. The highest BCUT2D eigenvalue weighted by atomic mass is 79.9. The molecule has 0 N–H and O–H groups in total. The minimum atomic E-state index is 0.399. The van der Waals surface area contributed by atoms with Gasteiger partial charge in [0.05, 0.1) is 15.9 Å². The Balaban J connectivity index is 1.89. The van der Waals surface area contributed by atoms with E-state index in [0.29, 0.717) is 11.7 Å². The fraction of sp³-hybridized carbons (Fsp3) is 0.692. The van der Waals surface area contributed by atoms with Crippen LogP contribution >= 0.6 is 15.9 Å². The predicted octanol–water partition coefficient (Wildman–Crippen LogP) is 3.05. The number of nitrogens with zero attached hydrogens (tertiary/aromatic N) is 2. The zero-order chi connectivity index (χ0) is 12.4. The summed E-state index contributed by atoms with van der Waals surface area (Å²) in [4.78, 5) is 11.6. The molecule has 0 radical (unpaired) electrons. The molecule has 1 aliphatic rings. The van der Waals surface area contributed by atoms with Crippen LogP contribution in [0.5, 0.6) is 0 Å². The molecule has 94 valence electrons. The Kier molecular flexibility index (Phi) is 4.02. The molecule has 1 heterocycles. The molecule has 1 saturated carbocycles. The predicted molar refractivity (Wildman–Crippen MR) is 71.0 cm³/mol. The van der Waals surface area contributed by atoms with Crippen molar-refractivity contribution in [1.82, 2.24) is 9.78 Å². The van der Waals surface area contributed by atoms with Gasteiger partial charge in [-0.2, -0.15) is 5.10 Å². The third-order valence-corrected chi connectivity index (χ3v) is 4.29. The van der Waals surface area contributed by atoms with E-state index in [1.54, 1.807) is 0 Å². The summed E-state index contributed by atoms with van der Waals surface area (Å²) in [6.07, 6.45) is 5.78. The molecule has 0 aromatic carbocycles. The normalized spacial score (nSPS) is 15.2. The lowest BCUT2D eigenvalue weighted by Gasteiger charge is -2.02. The molecule has 0 amide bonds. The average molecular weight is 299 g/mol. The SMILES string of the molecule is CCc1nn(C)c(CCCC(=O)C2CC2)c1Br. The van der Waals surface area contributed by atoms with Crippen LogP contribution in [0, 0.1) is 5.92 Å². The third kappa shape index (κ3) is 2.97. The number of aryl methyl sites for hydroxylation is 2. The van der Waals surface area contributed by atoms with Crippen LogP contribution in [0.25, 0.3) is 0 Å². The molecule has 1 aliphatic carbocycles. The first-order chi connectivity index (χ1) is 8.13. The first kappa shape index (κ1) is 12.8. The maximum absolute atomic E-state index is 11.6. The lowest BCUT2D eigenvalue weighted by Crippen LogP contribution is -2.03. The second-order valence-electron chi connectivity index (χ2n) is 4.78. The van der Waals surface area contributed by atoms with E-state index in [1.165, 1.54) is 5.69 Å². The molecule has 0 spiro atoms. The minimum Gasteiger partial charge on any atom is -0.299 e. The fourth-order valence-electron chi connectivity index (χ4n) is 2.13. The molecule has 0 saturated heterocycles. The van der Waals surface area contributed by atoms with Crippen LogP contribution in [0.1, 0.15) is 44.0 Å². The Labute approximate surface area is 111 Å². The summed E-state index contributed by atoms with van der Waals surface area (Å²) in [6, 6.07) is 0. The van der Waals surface area contributed by atoms with Crippen LogP contribution < -0.4 is 0 Å². The number of rotatable bonds is 6. The van der Waals surface area contributed by atoms with E-state index >= 15 is 0 Å². The van der Waals surface area contributed by atoms with Crippen LogP contribution in [-0.4, -0.2) is 15.6 Å². The molecule has 0 aliphatic heterocycles. The summed E-state index contributed by atoms with van der Waals surface area (Å²) in [5.41, 5.74) is 2.32. The van der Waals surface area contributed by atoms with E-state index in [4.69, 9.17) is 0 Å². The topological polar surface area (TPSA) is 34.9 Å². The summed E-state index contributed by atoms with van der Waals surface area (Å²) < 4.78 is 3.06. The first-order valence-corrected chi connectivity index (χ1v) is 7.15. The van der Waals surface area contributed by atoms with E-state index in [-0.39, 0.29) is 0 Å². The highest BCUT2D eigenvalue weighted by Gasteiger charge is 2.28. The van der Waals surface area contributed by atoms with Crippen LogP contribution in [0.4, 0.5) is 0 Å². The van der Waals surface area contributed by atoms with Gasteiger partial charge in [-0.05, 0) is 48.0 Å². The zero-order valence-corrected chi connectivity index (χ0v) is 12.1. The summed E-state index contributed by atoms with van der Waals surface area (Å²) >= 11 is 3.60. The molecular formula is C13H19BrN2O. The number of halogens is 1. The maximum Gasteiger partial charge on any atom is 0.135 e. The molecular weight excluding hydrogens is 280 g/mol. The van der Waals surface area contributed by atoms with Gasteiger partial charge in [0.1, 0.15) is 5.78 Å². The van der Waals surface area contributed by atoms with Crippen molar-refractivity contribution in [3.05, 3.63) is 15.9 Å². The van der Waals surface area contributed by atoms with Crippen LogP contribution in [0.2, 0.25) is 0 Å². The van der Waals surface area contributed by atoms with Crippen LogP contribution in [0.15, 0.2) is 4.47 Å². The summed E-state index contributed by atoms with van der Waals surface area (Å²) in [7, 11) is 1.97. The van der Waals surface area contributed by atoms with Gasteiger partial charge in [-0.25, -0.2) is 0 Å². The highest BCUT2D eigenvalue weighted by Crippen LogP contribution is 2.31. The van der Waals surface area contributed by atoms with Crippen molar-refractivity contribution >= 4 is 21.7 Å². The number of Topliss-reactive ketones (excluding diaryl/α,β-unsaturated/α-hetero) is 1. The van der Waals surface area contributed by atoms with Gasteiger partial charge in [-0.1, -0.05) is 6.92 Å². The van der Waals surface area contributed by atoms with Gasteiger partial charge in [-0.15, -0.1) is 0 Å². The van der Waals surface area contributed by atoms with E-state index in [1.807, 2.05) is 11.7 Å². The number of aromatic nitrogens is 2. The van der Waals surface area contributed by atoms with Gasteiger partial charge in [-0.3, -0.25) is 9.48 Å². The Morgan fingerprint density at radius 3 is 2.76 bits per heavy atom. The van der Waals surface area contributed by atoms with E-state index in [0.717, 1.165) is 48.7 Å². The molecule has 0 bridgehead atoms. The fourth-order valence-corrected chi connectivity index (χ4v) is 2.95. The second kappa shape index (κ2) is 5.34. The monoisotopic (exact) mass is 298 g/mol. The Hall–Kier alpha value is -0.640. The standard InChI is InChI=1S/C13H19BrN2O/c1-3-10-13(14)11(16(2)15-10)5-4-6-12(17)9-7-8-9/h9H,3-8H2,1-2H3. The number of hydrogen-bond acceptors (Lipinski definition) is 2. The molecule has 0 unspecified atom stereocenters. The third-order valence-electron chi connectivity index (χ3n) is 3.37. The molecule has 1 aromatic rings. The summed E-state index contributed by atoms with van der Waals surface area (Å²) in [5.74, 6) is 0.857. The first-order valence-electron chi connectivity index (χ1n) is 6.36. The molecule has 1 aromatic heterocycles. The maximum atomic E-state index is 11.6. The quantitative estimate of drug-likeness (QED) is 0.809. The van der Waals surface area contributed by atoms with Crippen molar-refractivity contribution in [1.29, 1.82) is 0 Å². The van der Waals surface area contributed by atoms with Gasteiger partial charge in [0.2, 0.25) is 0 Å².